The van der Waals surface area contributed by atoms with E-state index < -0.39 is 5.54 Å². The summed E-state index contributed by atoms with van der Waals surface area (Å²) >= 11 is 0. The highest BCUT2D eigenvalue weighted by Gasteiger charge is 2.47. The molecule has 0 aromatic carbocycles. The molecule has 3 amide bonds. The number of rotatable bonds is 4. The van der Waals surface area contributed by atoms with E-state index in [1.54, 1.807) is 24.4 Å². The highest BCUT2D eigenvalue weighted by atomic mass is 16.2. The summed E-state index contributed by atoms with van der Waals surface area (Å²) in [4.78, 5) is 36.9. The molecule has 3 aliphatic rings. The van der Waals surface area contributed by atoms with Crippen molar-refractivity contribution in [2.24, 2.45) is 5.92 Å². The van der Waals surface area contributed by atoms with Gasteiger partial charge in [0.2, 0.25) is 0 Å². The second-order valence-corrected chi connectivity index (χ2v) is 10.3. The van der Waals surface area contributed by atoms with Gasteiger partial charge in [-0.05, 0) is 58.6 Å². The van der Waals surface area contributed by atoms with Crippen molar-refractivity contribution in [3.8, 4) is 0 Å². The van der Waals surface area contributed by atoms with E-state index in [0.29, 0.717) is 24.1 Å². The fourth-order valence-electron chi connectivity index (χ4n) is 5.10. The summed E-state index contributed by atoms with van der Waals surface area (Å²) in [6.45, 7) is 11.6. The molecule has 2 atom stereocenters. The lowest BCUT2D eigenvalue weighted by Gasteiger charge is -2.47. The Hall–Kier alpha value is -2.94. The van der Waals surface area contributed by atoms with Crippen molar-refractivity contribution in [2.45, 2.75) is 64.7 Å². The zero-order valence-corrected chi connectivity index (χ0v) is 19.8. The van der Waals surface area contributed by atoms with Gasteiger partial charge in [-0.15, -0.1) is 0 Å². The molecular weight excluding hydrogens is 418 g/mol. The molecule has 1 saturated heterocycles. The molecule has 0 spiro atoms. The fourth-order valence-corrected chi connectivity index (χ4v) is 5.10. The van der Waals surface area contributed by atoms with E-state index in [0.717, 1.165) is 36.8 Å². The summed E-state index contributed by atoms with van der Waals surface area (Å²) in [5.74, 6) is 0.984. The monoisotopic (exact) mass is 451 g/mol. The van der Waals surface area contributed by atoms with Gasteiger partial charge in [0.15, 0.2) is 5.82 Å². The second-order valence-electron chi connectivity index (χ2n) is 10.3. The van der Waals surface area contributed by atoms with Crippen LogP contribution >= 0.6 is 0 Å². The molecule has 2 aromatic rings. The van der Waals surface area contributed by atoms with Crippen molar-refractivity contribution in [1.29, 1.82) is 0 Å². The first-order valence-electron chi connectivity index (χ1n) is 11.9. The minimum atomic E-state index is -0.554. The van der Waals surface area contributed by atoms with E-state index >= 15 is 0 Å². The average molecular weight is 452 g/mol. The van der Waals surface area contributed by atoms with Gasteiger partial charge in [0, 0.05) is 43.5 Å². The molecule has 4 heterocycles. The number of piperazine rings is 1. The molecule has 5 rings (SSSR count). The summed E-state index contributed by atoms with van der Waals surface area (Å²) < 4.78 is 0. The predicted octanol–water partition coefficient (Wildman–Crippen LogP) is 3.03. The van der Waals surface area contributed by atoms with Crippen LogP contribution in [0.1, 0.15) is 62.3 Å². The molecule has 9 heteroatoms. The first-order chi connectivity index (χ1) is 15.8. The lowest BCUT2D eigenvalue weighted by atomic mass is 10.0. The lowest BCUT2D eigenvalue weighted by Crippen LogP contribution is -2.61. The highest BCUT2D eigenvalue weighted by molar-refractivity contribution is 6.02. The number of H-pyrrole nitrogens is 1. The number of aromatic nitrogens is 3. The lowest BCUT2D eigenvalue weighted by molar-refractivity contribution is 0.0331. The van der Waals surface area contributed by atoms with Gasteiger partial charge in [0.1, 0.15) is 5.69 Å². The van der Waals surface area contributed by atoms with Gasteiger partial charge in [-0.1, -0.05) is 6.07 Å². The SMILES string of the molecule is C[C@@H]1CN(CC2CC2)[C@@H](C)CN1C(=O)N1Cc2c(NC(=O)c3ccccn3)n[nH]c2C1(C)C. The van der Waals surface area contributed by atoms with Crippen LogP contribution in [0.4, 0.5) is 10.6 Å². The number of hydrogen-bond acceptors (Lipinski definition) is 5. The molecule has 2 aromatic heterocycles. The van der Waals surface area contributed by atoms with Crippen LogP contribution in [0.25, 0.3) is 0 Å². The molecule has 2 N–H and O–H groups in total. The molecule has 0 radical (unpaired) electrons. The third-order valence-corrected chi connectivity index (χ3v) is 7.38. The minimum Gasteiger partial charge on any atom is -0.319 e. The van der Waals surface area contributed by atoms with Crippen molar-refractivity contribution >= 4 is 17.8 Å². The molecule has 0 unspecified atom stereocenters. The summed E-state index contributed by atoms with van der Waals surface area (Å²) in [5.41, 5.74) is 1.49. The molecule has 176 valence electrons. The third kappa shape index (κ3) is 3.99. The molecule has 9 nitrogen and oxygen atoms in total. The first-order valence-corrected chi connectivity index (χ1v) is 11.9. The van der Waals surface area contributed by atoms with E-state index in [4.69, 9.17) is 0 Å². The highest BCUT2D eigenvalue weighted by Crippen LogP contribution is 2.41. The Labute approximate surface area is 194 Å². The normalized spacial score (nSPS) is 24.6. The maximum absolute atomic E-state index is 13.7. The number of carbonyl (C=O) groups is 2. The Morgan fingerprint density at radius 2 is 1.97 bits per heavy atom. The van der Waals surface area contributed by atoms with E-state index in [2.05, 4.69) is 39.2 Å². The first kappa shape index (κ1) is 21.9. The van der Waals surface area contributed by atoms with Gasteiger partial charge >= 0.3 is 6.03 Å². The van der Waals surface area contributed by atoms with Gasteiger partial charge in [0.05, 0.1) is 17.8 Å². The predicted molar refractivity (Wildman–Crippen MR) is 125 cm³/mol. The van der Waals surface area contributed by atoms with Gasteiger partial charge in [-0.3, -0.25) is 19.8 Å². The number of hydrogen-bond donors (Lipinski definition) is 2. The maximum Gasteiger partial charge on any atom is 0.321 e. The molecule has 1 saturated carbocycles. The fraction of sp³-hybridized carbons (Fsp3) is 0.583. The topological polar surface area (TPSA) is 97.5 Å². The van der Waals surface area contributed by atoms with Crippen LogP contribution in [0, 0.1) is 5.92 Å². The molecule has 1 aliphatic carbocycles. The average Bonchev–Trinajstić information content (AvgIpc) is 3.45. The van der Waals surface area contributed by atoms with Crippen LogP contribution < -0.4 is 5.32 Å². The summed E-state index contributed by atoms with van der Waals surface area (Å²) in [6.07, 6.45) is 4.26. The molecule has 2 aliphatic heterocycles. The number of fused-ring (bicyclic) bond motifs is 1. The number of nitrogens with zero attached hydrogens (tertiary/aromatic N) is 5. The van der Waals surface area contributed by atoms with Crippen LogP contribution in [-0.4, -0.2) is 73.5 Å². The standard InChI is InChI=1S/C24H33N7O2/c1-15-12-30(16(2)11-29(15)13-17-8-9-17)23(33)31-14-18-20(24(31,3)4)27-28-21(18)26-22(32)19-7-5-6-10-25-19/h5-7,10,15-17H,8-9,11-14H2,1-4H3,(H2,26,27,28,32)/t15-,16+/m0/s1. The van der Waals surface area contributed by atoms with Crippen molar-refractivity contribution in [3.05, 3.63) is 41.3 Å². The molecular formula is C24H33N7O2. The third-order valence-electron chi connectivity index (χ3n) is 7.38. The van der Waals surface area contributed by atoms with Crippen LogP contribution in [0.5, 0.6) is 0 Å². The Morgan fingerprint density at radius 3 is 2.67 bits per heavy atom. The van der Waals surface area contributed by atoms with Crippen LogP contribution in [0.3, 0.4) is 0 Å². The van der Waals surface area contributed by atoms with Crippen LogP contribution in [-0.2, 0) is 12.1 Å². The molecule has 33 heavy (non-hydrogen) atoms. The van der Waals surface area contributed by atoms with Crippen LogP contribution in [0.2, 0.25) is 0 Å². The Kier molecular flexibility index (Phi) is 5.39. The smallest absolute Gasteiger partial charge is 0.319 e. The van der Waals surface area contributed by atoms with Gasteiger partial charge < -0.3 is 15.1 Å². The van der Waals surface area contributed by atoms with Gasteiger partial charge in [-0.25, -0.2) is 4.79 Å². The number of nitrogens with one attached hydrogen (secondary N) is 2. The Bertz CT molecular complexity index is 1050. The van der Waals surface area contributed by atoms with E-state index in [1.165, 1.54) is 12.8 Å². The number of carbonyl (C=O) groups excluding carboxylic acids is 2. The Balaban J connectivity index is 1.31. The van der Waals surface area contributed by atoms with E-state index in [1.807, 2.05) is 23.6 Å². The van der Waals surface area contributed by atoms with Crippen molar-refractivity contribution in [2.75, 3.05) is 25.0 Å². The maximum atomic E-state index is 13.7. The van der Waals surface area contributed by atoms with Gasteiger partial charge in [0.25, 0.3) is 5.91 Å². The minimum absolute atomic E-state index is 0.0389. The summed E-state index contributed by atoms with van der Waals surface area (Å²) in [7, 11) is 0. The van der Waals surface area contributed by atoms with Gasteiger partial charge in [-0.2, -0.15) is 5.10 Å². The quantitative estimate of drug-likeness (QED) is 0.745. The number of anilines is 1. The zero-order chi connectivity index (χ0) is 23.3. The second kappa shape index (κ2) is 8.13. The largest absolute Gasteiger partial charge is 0.321 e. The van der Waals surface area contributed by atoms with Crippen LogP contribution in [0.15, 0.2) is 24.4 Å². The number of pyridine rings is 1. The summed E-state index contributed by atoms with van der Waals surface area (Å²) in [5, 5.41) is 10.3. The zero-order valence-electron chi connectivity index (χ0n) is 19.8. The number of aromatic amines is 1. The summed E-state index contributed by atoms with van der Waals surface area (Å²) in [6, 6.07) is 5.74. The Morgan fingerprint density at radius 1 is 1.18 bits per heavy atom. The van der Waals surface area contributed by atoms with E-state index in [-0.39, 0.29) is 18.0 Å². The number of urea groups is 1. The number of amides is 3. The molecule has 0 bridgehead atoms. The van der Waals surface area contributed by atoms with E-state index in [9.17, 15) is 9.59 Å². The van der Waals surface area contributed by atoms with Crippen molar-refractivity contribution in [3.63, 3.8) is 0 Å². The van der Waals surface area contributed by atoms with Crippen molar-refractivity contribution in [1.82, 2.24) is 29.9 Å². The molecule has 2 fully saturated rings. The van der Waals surface area contributed by atoms with Crippen molar-refractivity contribution < 1.29 is 9.59 Å².